The van der Waals surface area contributed by atoms with Crippen LogP contribution in [0.5, 0.6) is 0 Å². The number of piperidine rings is 1. The number of benzene rings is 2. The van der Waals surface area contributed by atoms with Crippen LogP contribution in [0.2, 0.25) is 0 Å². The monoisotopic (exact) mass is 431 g/mol. The predicted octanol–water partition coefficient (Wildman–Crippen LogP) is 4.10. The summed E-state index contributed by atoms with van der Waals surface area (Å²) in [6.45, 7) is 0.840. The third kappa shape index (κ3) is 4.54. The van der Waals surface area contributed by atoms with E-state index in [2.05, 4.69) is 16.4 Å². The summed E-state index contributed by atoms with van der Waals surface area (Å²) in [5, 5.41) is 2.81. The van der Waals surface area contributed by atoms with Gasteiger partial charge in [-0.3, -0.25) is 14.6 Å². The molecule has 2 amide bonds. The van der Waals surface area contributed by atoms with Gasteiger partial charge in [-0.15, -0.1) is 0 Å². The number of rotatable bonds is 5. The highest BCUT2D eigenvalue weighted by atomic mass is 19.1. The summed E-state index contributed by atoms with van der Waals surface area (Å²) in [7, 11) is 1.63. The predicted molar refractivity (Wildman–Crippen MR) is 121 cm³/mol. The van der Waals surface area contributed by atoms with E-state index in [-0.39, 0.29) is 11.8 Å². The first-order valence-corrected chi connectivity index (χ1v) is 10.8. The molecule has 3 aromatic rings. The van der Waals surface area contributed by atoms with E-state index in [0.29, 0.717) is 37.9 Å². The van der Waals surface area contributed by atoms with Gasteiger partial charge < -0.3 is 10.2 Å². The number of pyridine rings is 1. The van der Waals surface area contributed by atoms with E-state index < -0.39 is 11.2 Å². The summed E-state index contributed by atoms with van der Waals surface area (Å²) in [5.41, 5.74) is 2.70. The van der Waals surface area contributed by atoms with Crippen molar-refractivity contribution in [1.29, 1.82) is 0 Å². The highest BCUT2D eigenvalue weighted by molar-refractivity contribution is 5.95. The zero-order chi connectivity index (χ0) is 22.6. The molecule has 1 saturated heterocycles. The van der Waals surface area contributed by atoms with Crippen molar-refractivity contribution in [2.24, 2.45) is 5.41 Å². The summed E-state index contributed by atoms with van der Waals surface area (Å²) in [6.07, 6.45) is 5.41. The molecule has 0 spiro atoms. The molecule has 1 unspecified atom stereocenters. The van der Waals surface area contributed by atoms with Gasteiger partial charge in [0.2, 0.25) is 5.91 Å². The zero-order valence-corrected chi connectivity index (χ0v) is 18.1. The van der Waals surface area contributed by atoms with Crippen molar-refractivity contribution in [3.8, 4) is 11.1 Å². The molecule has 5 nitrogen and oxygen atoms in total. The molecule has 2 heterocycles. The maximum atomic E-state index is 13.7. The molecule has 1 N–H and O–H groups in total. The van der Waals surface area contributed by atoms with Crippen LogP contribution in [0.15, 0.2) is 73.1 Å². The lowest BCUT2D eigenvalue weighted by Gasteiger charge is -2.41. The molecule has 1 aliphatic rings. The van der Waals surface area contributed by atoms with Crippen LogP contribution in [0.4, 0.5) is 4.39 Å². The quantitative estimate of drug-likeness (QED) is 0.662. The summed E-state index contributed by atoms with van der Waals surface area (Å²) >= 11 is 0. The molecule has 0 radical (unpaired) electrons. The summed E-state index contributed by atoms with van der Waals surface area (Å²) in [6, 6.07) is 17.7. The fraction of sp³-hybridized carbons (Fsp3) is 0.269. The molecule has 164 valence electrons. The number of hydrogen-bond donors (Lipinski definition) is 1. The lowest BCUT2D eigenvalue weighted by molar-refractivity contribution is -0.133. The van der Waals surface area contributed by atoms with Crippen LogP contribution in [0.3, 0.4) is 0 Å². The van der Waals surface area contributed by atoms with Crippen molar-refractivity contribution in [2.75, 3.05) is 20.1 Å². The molecule has 1 atom stereocenters. The number of carbonyl (C=O) groups excluding carboxylic acids is 2. The van der Waals surface area contributed by atoms with E-state index in [1.54, 1.807) is 30.4 Å². The van der Waals surface area contributed by atoms with E-state index >= 15 is 0 Å². The minimum Gasteiger partial charge on any atom is -0.359 e. The minimum absolute atomic E-state index is 0.0800. The van der Waals surface area contributed by atoms with Crippen LogP contribution in [0.25, 0.3) is 11.1 Å². The van der Waals surface area contributed by atoms with Crippen molar-refractivity contribution in [3.63, 3.8) is 0 Å². The van der Waals surface area contributed by atoms with E-state index in [1.807, 2.05) is 30.3 Å². The molecular formula is C26H26FN3O2. The normalized spacial score (nSPS) is 18.2. The minimum atomic E-state index is -0.743. The van der Waals surface area contributed by atoms with Crippen LogP contribution in [0, 0.1) is 11.2 Å². The molecule has 6 heteroatoms. The number of nitrogens with one attached hydrogen (secondary N) is 1. The van der Waals surface area contributed by atoms with Crippen molar-refractivity contribution in [3.05, 3.63) is 90.0 Å². The van der Waals surface area contributed by atoms with Crippen LogP contribution in [0.1, 0.15) is 28.8 Å². The van der Waals surface area contributed by atoms with Gasteiger partial charge in [0, 0.05) is 38.1 Å². The number of carbonyl (C=O) groups is 2. The van der Waals surface area contributed by atoms with Gasteiger partial charge in [0.15, 0.2) is 0 Å². The number of hydrogen-bond acceptors (Lipinski definition) is 3. The van der Waals surface area contributed by atoms with Crippen molar-refractivity contribution in [2.45, 2.75) is 19.3 Å². The Kier molecular flexibility index (Phi) is 6.30. The Balaban J connectivity index is 1.62. The Morgan fingerprint density at radius 3 is 2.59 bits per heavy atom. The molecule has 0 aliphatic carbocycles. The first-order valence-electron chi connectivity index (χ1n) is 10.8. The SMILES string of the molecule is CNC(=O)C1(Cc2cccc(-c3ccncc3)c2)CCCN(C(=O)c2cccc(F)c2)C1. The van der Waals surface area contributed by atoms with Crippen LogP contribution < -0.4 is 5.32 Å². The van der Waals surface area contributed by atoms with Gasteiger partial charge in [0.05, 0.1) is 5.41 Å². The number of likely N-dealkylation sites (tertiary alicyclic amines) is 1. The molecular weight excluding hydrogens is 405 g/mol. The Morgan fingerprint density at radius 2 is 1.84 bits per heavy atom. The standard InChI is InChI=1S/C26H26FN3O2/c1-28-25(32)26(17-19-5-2-6-21(15-19)20-9-12-29-13-10-20)11-4-14-30(18-26)24(31)22-7-3-8-23(27)16-22/h2-3,5-10,12-13,15-16H,4,11,14,17-18H2,1H3,(H,28,32). The average Bonchev–Trinajstić information content (AvgIpc) is 2.84. The number of aromatic nitrogens is 1. The second kappa shape index (κ2) is 9.30. The zero-order valence-electron chi connectivity index (χ0n) is 18.1. The van der Waals surface area contributed by atoms with E-state index in [1.165, 1.54) is 18.2 Å². The summed E-state index contributed by atoms with van der Waals surface area (Å²) in [5.74, 6) is -0.773. The van der Waals surface area contributed by atoms with Gasteiger partial charge in [-0.2, -0.15) is 0 Å². The van der Waals surface area contributed by atoms with Crippen molar-refractivity contribution >= 4 is 11.8 Å². The van der Waals surface area contributed by atoms with Crippen molar-refractivity contribution < 1.29 is 14.0 Å². The fourth-order valence-electron chi connectivity index (χ4n) is 4.58. The first kappa shape index (κ1) is 21.7. The molecule has 1 aromatic heterocycles. The van der Waals surface area contributed by atoms with Gasteiger partial charge in [-0.05, 0) is 66.3 Å². The third-order valence-corrected chi connectivity index (χ3v) is 6.13. The van der Waals surface area contributed by atoms with Crippen LogP contribution in [-0.4, -0.2) is 41.8 Å². The number of amides is 2. The lowest BCUT2D eigenvalue weighted by atomic mass is 9.74. The topological polar surface area (TPSA) is 62.3 Å². The first-order chi connectivity index (χ1) is 15.5. The van der Waals surface area contributed by atoms with Crippen molar-refractivity contribution in [1.82, 2.24) is 15.2 Å². The lowest BCUT2D eigenvalue weighted by Crippen LogP contribution is -2.54. The maximum absolute atomic E-state index is 13.7. The van der Waals surface area contributed by atoms with Gasteiger partial charge >= 0.3 is 0 Å². The van der Waals surface area contributed by atoms with Crippen LogP contribution in [-0.2, 0) is 11.2 Å². The molecule has 4 rings (SSSR count). The van der Waals surface area contributed by atoms with Gasteiger partial charge in [-0.1, -0.05) is 30.3 Å². The number of halogens is 1. The Labute approximate surface area is 187 Å². The molecule has 1 fully saturated rings. The smallest absolute Gasteiger partial charge is 0.253 e. The molecule has 32 heavy (non-hydrogen) atoms. The Hall–Kier alpha value is -3.54. The fourth-order valence-corrected chi connectivity index (χ4v) is 4.58. The van der Waals surface area contributed by atoms with Gasteiger partial charge in [-0.25, -0.2) is 4.39 Å². The second-order valence-corrected chi connectivity index (χ2v) is 8.31. The largest absolute Gasteiger partial charge is 0.359 e. The highest BCUT2D eigenvalue weighted by Gasteiger charge is 2.43. The van der Waals surface area contributed by atoms with E-state index in [9.17, 15) is 14.0 Å². The van der Waals surface area contributed by atoms with E-state index in [4.69, 9.17) is 0 Å². The van der Waals surface area contributed by atoms with Gasteiger partial charge in [0.1, 0.15) is 5.82 Å². The summed E-state index contributed by atoms with van der Waals surface area (Å²) in [4.78, 5) is 31.9. The second-order valence-electron chi connectivity index (χ2n) is 8.31. The van der Waals surface area contributed by atoms with Crippen LogP contribution >= 0.6 is 0 Å². The van der Waals surface area contributed by atoms with Gasteiger partial charge in [0.25, 0.3) is 5.91 Å². The number of nitrogens with zero attached hydrogens (tertiary/aromatic N) is 2. The maximum Gasteiger partial charge on any atom is 0.253 e. The molecule has 2 aromatic carbocycles. The third-order valence-electron chi connectivity index (χ3n) is 6.13. The average molecular weight is 432 g/mol. The molecule has 1 aliphatic heterocycles. The Bertz CT molecular complexity index is 1120. The summed E-state index contributed by atoms with van der Waals surface area (Å²) < 4.78 is 13.7. The molecule has 0 bridgehead atoms. The molecule has 0 saturated carbocycles. The van der Waals surface area contributed by atoms with E-state index in [0.717, 1.165) is 16.7 Å². The Morgan fingerprint density at radius 1 is 1.06 bits per heavy atom. The highest BCUT2D eigenvalue weighted by Crippen LogP contribution is 2.35.